The molecular formula is C23H18F4N6. The number of fused-ring (bicyclic) bond motifs is 2. The van der Waals surface area contributed by atoms with Gasteiger partial charge in [-0.1, -0.05) is 11.8 Å². The standard InChI is InChI=1S/C23H18F4N6/c24-15-3-4-16-18(19(15)25)20(31-22(29)33(16)12-28)32-9-1-2-14-13(10-30-11-17(14)32)5-6-23(7-8-23)21(26)27/h3-4,10-12,21,28-29H,1-2,7-9H2. The lowest BCUT2D eigenvalue weighted by atomic mass is 9.97. The summed E-state index contributed by atoms with van der Waals surface area (Å²) in [5.74, 6) is 3.42. The predicted octanol–water partition coefficient (Wildman–Crippen LogP) is 4.13. The first-order chi connectivity index (χ1) is 15.9. The minimum Gasteiger partial charge on any atom is -0.324 e. The van der Waals surface area contributed by atoms with Gasteiger partial charge in [-0.2, -0.15) is 4.98 Å². The van der Waals surface area contributed by atoms with Gasteiger partial charge < -0.3 is 4.90 Å². The van der Waals surface area contributed by atoms with Crippen LogP contribution in [-0.4, -0.2) is 33.8 Å². The molecule has 2 aromatic heterocycles. The number of alkyl halides is 2. The first-order valence-electron chi connectivity index (χ1n) is 10.4. The van der Waals surface area contributed by atoms with Crippen LogP contribution in [0.25, 0.3) is 10.9 Å². The molecular weight excluding hydrogens is 436 g/mol. The number of pyridine rings is 1. The number of halogens is 4. The van der Waals surface area contributed by atoms with Gasteiger partial charge in [-0.3, -0.25) is 20.4 Å². The highest BCUT2D eigenvalue weighted by molar-refractivity contribution is 5.95. The lowest BCUT2D eigenvalue weighted by Crippen LogP contribution is -2.31. The largest absolute Gasteiger partial charge is 0.324 e. The second kappa shape index (κ2) is 7.69. The van der Waals surface area contributed by atoms with E-state index in [2.05, 4.69) is 21.8 Å². The Morgan fingerprint density at radius 2 is 1.97 bits per heavy atom. The van der Waals surface area contributed by atoms with Gasteiger partial charge in [-0.05, 0) is 43.4 Å². The smallest absolute Gasteiger partial charge is 0.254 e. The van der Waals surface area contributed by atoms with E-state index < -0.39 is 23.5 Å². The van der Waals surface area contributed by atoms with Crippen LogP contribution < -0.4 is 10.5 Å². The van der Waals surface area contributed by atoms with Gasteiger partial charge in [-0.25, -0.2) is 17.6 Å². The Morgan fingerprint density at radius 3 is 2.67 bits per heavy atom. The Kier molecular flexibility index (Phi) is 4.92. The third-order valence-electron chi connectivity index (χ3n) is 6.17. The van der Waals surface area contributed by atoms with Crippen molar-refractivity contribution < 1.29 is 17.6 Å². The van der Waals surface area contributed by atoms with Crippen LogP contribution in [0.4, 0.5) is 29.1 Å². The molecule has 2 N–H and O–H groups in total. The normalized spacial score (nSPS) is 16.3. The van der Waals surface area contributed by atoms with Gasteiger partial charge >= 0.3 is 0 Å². The summed E-state index contributed by atoms with van der Waals surface area (Å²) in [6, 6.07) is 2.24. The average Bonchev–Trinajstić information content (AvgIpc) is 3.60. The molecule has 1 fully saturated rings. The van der Waals surface area contributed by atoms with Gasteiger partial charge in [0.1, 0.15) is 5.82 Å². The molecule has 0 radical (unpaired) electrons. The van der Waals surface area contributed by atoms with E-state index in [0.29, 0.717) is 43.5 Å². The topological polar surface area (TPSA) is 81.7 Å². The molecule has 0 saturated heterocycles. The molecule has 0 unspecified atom stereocenters. The van der Waals surface area contributed by atoms with Crippen LogP contribution in [0.3, 0.4) is 0 Å². The van der Waals surface area contributed by atoms with Crippen LogP contribution in [0, 0.1) is 39.7 Å². The summed E-state index contributed by atoms with van der Waals surface area (Å²) in [5, 5.41) is 15.6. The third kappa shape index (κ3) is 3.35. The van der Waals surface area contributed by atoms with Crippen LogP contribution in [0.5, 0.6) is 0 Å². The Bertz CT molecular complexity index is 1410. The van der Waals surface area contributed by atoms with Gasteiger partial charge in [0.15, 0.2) is 11.6 Å². The van der Waals surface area contributed by atoms with Crippen molar-refractivity contribution in [1.29, 1.82) is 10.8 Å². The van der Waals surface area contributed by atoms with Crippen LogP contribution in [0.1, 0.15) is 30.4 Å². The Balaban J connectivity index is 1.69. The molecule has 0 spiro atoms. The highest BCUT2D eigenvalue weighted by Gasteiger charge is 2.50. The molecule has 1 aliphatic heterocycles. The van der Waals surface area contributed by atoms with E-state index >= 15 is 0 Å². The van der Waals surface area contributed by atoms with E-state index in [4.69, 9.17) is 10.8 Å². The van der Waals surface area contributed by atoms with Crippen molar-refractivity contribution in [3.05, 3.63) is 52.9 Å². The quantitative estimate of drug-likeness (QED) is 0.270. The maximum absolute atomic E-state index is 15.0. The minimum atomic E-state index is -2.51. The number of hydrogen-bond acceptors (Lipinski definition) is 5. The number of nitrogens with one attached hydrogen (secondary N) is 2. The summed E-state index contributed by atoms with van der Waals surface area (Å²) >= 11 is 0. The van der Waals surface area contributed by atoms with E-state index in [-0.39, 0.29) is 22.3 Å². The molecule has 1 aliphatic carbocycles. The summed E-state index contributed by atoms with van der Waals surface area (Å²) in [6.07, 6.45) is 3.32. The van der Waals surface area contributed by atoms with Gasteiger partial charge in [0.2, 0.25) is 5.62 Å². The Morgan fingerprint density at radius 1 is 1.18 bits per heavy atom. The van der Waals surface area contributed by atoms with Crippen molar-refractivity contribution in [3.8, 4) is 11.8 Å². The van der Waals surface area contributed by atoms with Gasteiger partial charge in [0.05, 0.1) is 34.5 Å². The lowest BCUT2D eigenvalue weighted by molar-refractivity contribution is 0.0921. The summed E-state index contributed by atoms with van der Waals surface area (Å²) < 4.78 is 56.7. The highest BCUT2D eigenvalue weighted by Crippen LogP contribution is 2.50. The molecule has 5 rings (SSSR count). The second-order valence-electron chi connectivity index (χ2n) is 8.16. The summed E-state index contributed by atoms with van der Waals surface area (Å²) in [7, 11) is 0. The van der Waals surface area contributed by atoms with E-state index in [9.17, 15) is 17.6 Å². The first kappa shape index (κ1) is 21.1. The fourth-order valence-corrected chi connectivity index (χ4v) is 4.16. The van der Waals surface area contributed by atoms with Crippen molar-refractivity contribution >= 4 is 28.7 Å². The zero-order chi connectivity index (χ0) is 23.3. The molecule has 1 saturated carbocycles. The van der Waals surface area contributed by atoms with Gasteiger partial charge in [0, 0.05) is 18.3 Å². The van der Waals surface area contributed by atoms with Crippen molar-refractivity contribution in [1.82, 2.24) is 14.5 Å². The fourth-order valence-electron chi connectivity index (χ4n) is 4.16. The predicted molar refractivity (Wildman–Crippen MR) is 114 cm³/mol. The zero-order valence-electron chi connectivity index (χ0n) is 17.3. The minimum absolute atomic E-state index is 0.0317. The first-order valence-corrected chi connectivity index (χ1v) is 10.4. The van der Waals surface area contributed by atoms with Crippen molar-refractivity contribution in [2.45, 2.75) is 32.1 Å². The molecule has 6 nitrogen and oxygen atoms in total. The molecule has 0 bridgehead atoms. The zero-order valence-corrected chi connectivity index (χ0v) is 17.3. The molecule has 33 heavy (non-hydrogen) atoms. The number of benzene rings is 1. The molecule has 0 atom stereocenters. The van der Waals surface area contributed by atoms with Crippen LogP contribution >= 0.6 is 0 Å². The van der Waals surface area contributed by atoms with E-state index in [1.165, 1.54) is 12.3 Å². The Hall–Kier alpha value is -3.74. The SMILES string of the molecule is N=Cn1c(=N)nc(N2CCCc3c(C#CC4(C(F)F)CC4)cncc32)c2c(F)c(F)ccc21. The monoisotopic (exact) mass is 454 g/mol. The number of aromatic nitrogens is 3. The molecule has 168 valence electrons. The van der Waals surface area contributed by atoms with Crippen LogP contribution in [0.2, 0.25) is 0 Å². The van der Waals surface area contributed by atoms with E-state index in [1.807, 2.05) is 0 Å². The highest BCUT2D eigenvalue weighted by atomic mass is 19.3. The summed E-state index contributed by atoms with van der Waals surface area (Å²) in [4.78, 5) is 10.0. The maximum atomic E-state index is 15.0. The molecule has 3 heterocycles. The van der Waals surface area contributed by atoms with Crippen molar-refractivity contribution in [2.24, 2.45) is 5.41 Å². The molecule has 10 heteroatoms. The number of anilines is 2. The fraction of sp³-hybridized carbons (Fsp3) is 0.304. The van der Waals surface area contributed by atoms with Crippen LogP contribution in [0.15, 0.2) is 24.5 Å². The summed E-state index contributed by atoms with van der Waals surface area (Å²) in [5.41, 5.74) is 0.381. The molecule has 0 amide bonds. The van der Waals surface area contributed by atoms with E-state index in [0.717, 1.165) is 22.5 Å². The Labute approximate surface area is 185 Å². The van der Waals surface area contributed by atoms with Crippen LogP contribution in [-0.2, 0) is 6.42 Å². The number of nitrogens with zero attached hydrogens (tertiary/aromatic N) is 4. The lowest BCUT2D eigenvalue weighted by Gasteiger charge is -2.31. The molecule has 2 aliphatic rings. The third-order valence-corrected chi connectivity index (χ3v) is 6.17. The summed E-state index contributed by atoms with van der Waals surface area (Å²) in [6.45, 7) is 0.401. The van der Waals surface area contributed by atoms with Gasteiger partial charge in [0.25, 0.3) is 6.43 Å². The van der Waals surface area contributed by atoms with E-state index in [1.54, 1.807) is 11.1 Å². The molecule has 3 aromatic rings. The second-order valence-corrected chi connectivity index (χ2v) is 8.16. The van der Waals surface area contributed by atoms with Gasteiger partial charge in [-0.15, -0.1) is 0 Å². The molecule has 1 aromatic carbocycles. The number of hydrogen-bond donors (Lipinski definition) is 2. The maximum Gasteiger partial charge on any atom is 0.254 e. The van der Waals surface area contributed by atoms with Crippen molar-refractivity contribution in [2.75, 3.05) is 11.4 Å². The number of rotatable bonds is 3. The average molecular weight is 454 g/mol. The van der Waals surface area contributed by atoms with Crippen molar-refractivity contribution in [3.63, 3.8) is 0 Å².